The van der Waals surface area contributed by atoms with Gasteiger partial charge in [0.25, 0.3) is 0 Å². The number of rotatable bonds is 7. The van der Waals surface area contributed by atoms with Crippen LogP contribution in [0.5, 0.6) is 0 Å². The number of hydrogen-bond donors (Lipinski definition) is 0. The summed E-state index contributed by atoms with van der Waals surface area (Å²) in [5.41, 5.74) is 1.45. The normalized spacial score (nSPS) is 23.1. The van der Waals surface area contributed by atoms with E-state index in [1.165, 1.54) is 37.8 Å². The van der Waals surface area contributed by atoms with Gasteiger partial charge in [0.1, 0.15) is 0 Å². The standard InChI is InChI=1S/C16H23N/c1-2-3-4-5-9-12-16-14-17(16)13-15-10-7-6-8-11-15/h2-3,6-8,10-11,16H,4-5,9,12-14H2,1H3/b3-2-/t16-,17?/m1/s1. The molecule has 1 aromatic rings. The Morgan fingerprint density at radius 2 is 2.06 bits per heavy atom. The lowest BCUT2D eigenvalue weighted by atomic mass is 10.1. The Bertz CT molecular complexity index is 342. The van der Waals surface area contributed by atoms with E-state index in [1.807, 2.05) is 0 Å². The Labute approximate surface area is 105 Å². The highest BCUT2D eigenvalue weighted by Crippen LogP contribution is 2.25. The maximum Gasteiger partial charge on any atom is 0.0237 e. The predicted octanol–water partition coefficient (Wildman–Crippen LogP) is 4.01. The first-order chi connectivity index (χ1) is 8.40. The van der Waals surface area contributed by atoms with E-state index in [9.17, 15) is 0 Å². The molecule has 0 saturated carbocycles. The number of hydrogen-bond acceptors (Lipinski definition) is 1. The van der Waals surface area contributed by atoms with Crippen molar-refractivity contribution >= 4 is 0 Å². The highest BCUT2D eigenvalue weighted by atomic mass is 15.3. The Kier molecular flexibility index (Phi) is 4.81. The SMILES string of the molecule is C/C=C\CCCC[C@@H]1CN1Cc1ccccc1. The zero-order valence-corrected chi connectivity index (χ0v) is 10.8. The lowest BCUT2D eigenvalue weighted by Crippen LogP contribution is -2.01. The molecule has 1 saturated heterocycles. The molecule has 2 rings (SSSR count). The first-order valence-corrected chi connectivity index (χ1v) is 6.79. The van der Waals surface area contributed by atoms with Crippen molar-refractivity contribution in [3.63, 3.8) is 0 Å². The summed E-state index contributed by atoms with van der Waals surface area (Å²) in [5.74, 6) is 0. The third kappa shape index (κ3) is 4.35. The monoisotopic (exact) mass is 229 g/mol. The van der Waals surface area contributed by atoms with E-state index in [-0.39, 0.29) is 0 Å². The fourth-order valence-electron chi connectivity index (χ4n) is 2.32. The summed E-state index contributed by atoms with van der Waals surface area (Å²) in [6.45, 7) is 4.54. The summed E-state index contributed by atoms with van der Waals surface area (Å²) >= 11 is 0. The van der Waals surface area contributed by atoms with Crippen LogP contribution in [0.15, 0.2) is 42.5 Å². The quantitative estimate of drug-likeness (QED) is 0.388. The minimum absolute atomic E-state index is 0.862. The van der Waals surface area contributed by atoms with Gasteiger partial charge in [0, 0.05) is 19.1 Å². The van der Waals surface area contributed by atoms with Crippen LogP contribution in [0, 0.1) is 0 Å². The van der Waals surface area contributed by atoms with Crippen LogP contribution in [-0.2, 0) is 6.54 Å². The molecule has 1 aliphatic rings. The average Bonchev–Trinajstić information content (AvgIpc) is 3.09. The van der Waals surface area contributed by atoms with E-state index in [0.29, 0.717) is 0 Å². The lowest BCUT2D eigenvalue weighted by Gasteiger charge is -2.03. The molecule has 1 aromatic carbocycles. The van der Waals surface area contributed by atoms with Crippen molar-refractivity contribution in [2.24, 2.45) is 0 Å². The van der Waals surface area contributed by atoms with Gasteiger partial charge < -0.3 is 0 Å². The minimum atomic E-state index is 0.862. The van der Waals surface area contributed by atoms with Crippen molar-refractivity contribution in [1.82, 2.24) is 4.90 Å². The Morgan fingerprint density at radius 1 is 1.24 bits per heavy atom. The van der Waals surface area contributed by atoms with Crippen LogP contribution in [0.1, 0.15) is 38.2 Å². The molecule has 1 heterocycles. The number of nitrogens with zero attached hydrogens (tertiary/aromatic N) is 1. The van der Waals surface area contributed by atoms with Crippen LogP contribution in [0.3, 0.4) is 0 Å². The predicted molar refractivity (Wildman–Crippen MR) is 73.9 cm³/mol. The molecule has 0 radical (unpaired) electrons. The summed E-state index contributed by atoms with van der Waals surface area (Å²) in [5, 5.41) is 0. The fourth-order valence-corrected chi connectivity index (χ4v) is 2.32. The maximum atomic E-state index is 2.57. The van der Waals surface area contributed by atoms with Gasteiger partial charge in [-0.05, 0) is 31.7 Å². The first kappa shape index (κ1) is 12.4. The topological polar surface area (TPSA) is 3.01 Å². The van der Waals surface area contributed by atoms with E-state index in [1.54, 1.807) is 0 Å². The number of benzene rings is 1. The minimum Gasteiger partial charge on any atom is -0.293 e. The van der Waals surface area contributed by atoms with Gasteiger partial charge in [0.15, 0.2) is 0 Å². The highest BCUT2D eigenvalue weighted by molar-refractivity contribution is 5.15. The maximum absolute atomic E-state index is 2.57. The van der Waals surface area contributed by atoms with E-state index in [0.717, 1.165) is 12.6 Å². The van der Waals surface area contributed by atoms with Crippen LogP contribution in [0.4, 0.5) is 0 Å². The van der Waals surface area contributed by atoms with Crippen molar-refractivity contribution in [3.8, 4) is 0 Å². The molecule has 0 bridgehead atoms. The molecule has 2 atom stereocenters. The van der Waals surface area contributed by atoms with Crippen molar-refractivity contribution in [2.45, 2.75) is 45.2 Å². The molecule has 0 aromatic heterocycles. The van der Waals surface area contributed by atoms with Gasteiger partial charge in [-0.25, -0.2) is 0 Å². The van der Waals surface area contributed by atoms with Crippen molar-refractivity contribution in [2.75, 3.05) is 6.54 Å². The summed E-state index contributed by atoms with van der Waals surface area (Å²) in [4.78, 5) is 2.57. The molecule has 1 aliphatic heterocycles. The highest BCUT2D eigenvalue weighted by Gasteiger charge is 2.32. The molecule has 0 N–H and O–H groups in total. The molecule has 17 heavy (non-hydrogen) atoms. The largest absolute Gasteiger partial charge is 0.293 e. The van der Waals surface area contributed by atoms with Crippen LogP contribution >= 0.6 is 0 Å². The summed E-state index contributed by atoms with van der Waals surface area (Å²) < 4.78 is 0. The second-order valence-corrected chi connectivity index (χ2v) is 4.92. The summed E-state index contributed by atoms with van der Waals surface area (Å²) in [6, 6.07) is 11.7. The zero-order chi connectivity index (χ0) is 11.9. The first-order valence-electron chi connectivity index (χ1n) is 6.79. The van der Waals surface area contributed by atoms with Gasteiger partial charge in [0.05, 0.1) is 0 Å². The van der Waals surface area contributed by atoms with Crippen LogP contribution < -0.4 is 0 Å². The molecule has 0 amide bonds. The van der Waals surface area contributed by atoms with Crippen LogP contribution in [0.25, 0.3) is 0 Å². The average molecular weight is 229 g/mol. The van der Waals surface area contributed by atoms with Gasteiger partial charge >= 0.3 is 0 Å². The molecular weight excluding hydrogens is 206 g/mol. The van der Waals surface area contributed by atoms with Crippen molar-refractivity contribution < 1.29 is 0 Å². The second kappa shape index (κ2) is 6.61. The fraction of sp³-hybridized carbons (Fsp3) is 0.500. The van der Waals surface area contributed by atoms with Crippen LogP contribution in [0.2, 0.25) is 0 Å². The van der Waals surface area contributed by atoms with E-state index >= 15 is 0 Å². The van der Waals surface area contributed by atoms with Crippen molar-refractivity contribution in [3.05, 3.63) is 48.0 Å². The third-order valence-electron chi connectivity index (χ3n) is 3.45. The molecule has 0 spiro atoms. The molecule has 1 heteroatoms. The van der Waals surface area contributed by atoms with Gasteiger partial charge in [0.2, 0.25) is 0 Å². The summed E-state index contributed by atoms with van der Waals surface area (Å²) in [7, 11) is 0. The smallest absolute Gasteiger partial charge is 0.0237 e. The lowest BCUT2D eigenvalue weighted by molar-refractivity contribution is 0.477. The molecule has 0 aliphatic carbocycles. The molecule has 1 nitrogen and oxygen atoms in total. The van der Waals surface area contributed by atoms with Gasteiger partial charge in [-0.15, -0.1) is 0 Å². The van der Waals surface area contributed by atoms with E-state index < -0.39 is 0 Å². The number of allylic oxidation sites excluding steroid dienone is 2. The van der Waals surface area contributed by atoms with Gasteiger partial charge in [-0.2, -0.15) is 0 Å². The Morgan fingerprint density at radius 3 is 2.82 bits per heavy atom. The van der Waals surface area contributed by atoms with Crippen molar-refractivity contribution in [1.29, 1.82) is 0 Å². The molecule has 92 valence electrons. The summed E-state index contributed by atoms with van der Waals surface area (Å²) in [6.07, 6.45) is 9.78. The van der Waals surface area contributed by atoms with Gasteiger partial charge in [-0.1, -0.05) is 48.9 Å². The van der Waals surface area contributed by atoms with E-state index in [4.69, 9.17) is 0 Å². The second-order valence-electron chi connectivity index (χ2n) is 4.92. The zero-order valence-electron chi connectivity index (χ0n) is 10.8. The molecule has 1 fully saturated rings. The Balaban J connectivity index is 1.58. The molecular formula is C16H23N. The Hall–Kier alpha value is -1.08. The van der Waals surface area contributed by atoms with E-state index in [2.05, 4.69) is 54.3 Å². The third-order valence-corrected chi connectivity index (χ3v) is 3.45. The number of unbranched alkanes of at least 4 members (excludes halogenated alkanes) is 2. The molecule has 1 unspecified atom stereocenters. The van der Waals surface area contributed by atoms with Gasteiger partial charge in [-0.3, -0.25) is 4.90 Å². The van der Waals surface area contributed by atoms with Crippen LogP contribution in [-0.4, -0.2) is 17.5 Å².